The Morgan fingerprint density at radius 3 is 2.27 bits per heavy atom. The zero-order valence-electron chi connectivity index (χ0n) is 21.1. The van der Waals surface area contributed by atoms with Crippen molar-refractivity contribution in [1.29, 1.82) is 0 Å². The summed E-state index contributed by atoms with van der Waals surface area (Å²) in [6.07, 6.45) is 10.8. The molecule has 0 atom stereocenters. The van der Waals surface area contributed by atoms with Gasteiger partial charge in [-0.05, 0) is 30.5 Å². The summed E-state index contributed by atoms with van der Waals surface area (Å²) in [4.78, 5) is 12.1. The van der Waals surface area contributed by atoms with Gasteiger partial charge in [0.15, 0.2) is 0 Å². The van der Waals surface area contributed by atoms with E-state index in [-0.39, 0.29) is 12.6 Å². The molecule has 0 aliphatic rings. The van der Waals surface area contributed by atoms with Crippen molar-refractivity contribution in [3.63, 3.8) is 0 Å². The first-order valence-electron chi connectivity index (χ1n) is 12.7. The van der Waals surface area contributed by atoms with E-state index in [1.807, 2.05) is 18.2 Å². The third-order valence-corrected chi connectivity index (χ3v) is 5.96. The molecule has 0 saturated heterocycles. The molecule has 0 aliphatic heterocycles. The van der Waals surface area contributed by atoms with Crippen LogP contribution < -0.4 is 4.74 Å². The number of carbonyl (C=O) groups excluding carboxylic acids is 1. The number of ether oxygens (including phenoxy) is 2. The molecule has 182 valence electrons. The quantitative estimate of drug-likeness (QED) is 0.154. The zero-order valence-corrected chi connectivity index (χ0v) is 21.1. The summed E-state index contributed by atoms with van der Waals surface area (Å²) in [6.45, 7) is 4.57. The van der Waals surface area contributed by atoms with Crippen molar-refractivity contribution in [2.45, 2.75) is 71.3 Å². The molecule has 2 aromatic carbocycles. The summed E-state index contributed by atoms with van der Waals surface area (Å²) >= 11 is 0. The second-order valence-corrected chi connectivity index (χ2v) is 9.64. The molecule has 0 bridgehead atoms. The maximum absolute atomic E-state index is 12.1. The fraction of sp³-hybridized carbons (Fsp3) is 0.552. The summed E-state index contributed by atoms with van der Waals surface area (Å²) in [5.74, 6) is 0.692. The first-order valence-corrected chi connectivity index (χ1v) is 12.7. The number of hydrogen-bond acceptors (Lipinski definition) is 3. The number of quaternary nitrogens is 1. The Morgan fingerprint density at radius 2 is 1.52 bits per heavy atom. The molecule has 0 fully saturated rings. The highest BCUT2D eigenvalue weighted by molar-refractivity contribution is 5.69. The van der Waals surface area contributed by atoms with E-state index in [1.54, 1.807) is 0 Å². The van der Waals surface area contributed by atoms with Gasteiger partial charge >= 0.3 is 5.97 Å². The predicted molar refractivity (Wildman–Crippen MR) is 136 cm³/mol. The van der Waals surface area contributed by atoms with Crippen molar-refractivity contribution in [3.8, 4) is 5.75 Å². The maximum atomic E-state index is 12.1. The summed E-state index contributed by atoms with van der Waals surface area (Å²) in [5, 5.41) is 0. The molecule has 4 heteroatoms. The third-order valence-electron chi connectivity index (χ3n) is 5.96. The SMILES string of the molecule is CCCCCCCCCc1cccc(OCCOC(=O)CC[N+](C)(C)Cc2ccccc2)c1. The number of carbonyl (C=O) groups is 1. The molecule has 0 radical (unpaired) electrons. The van der Waals surface area contributed by atoms with E-state index in [0.717, 1.165) is 29.7 Å². The van der Waals surface area contributed by atoms with Crippen molar-refractivity contribution in [2.24, 2.45) is 0 Å². The van der Waals surface area contributed by atoms with Crippen LogP contribution in [-0.2, 0) is 22.5 Å². The van der Waals surface area contributed by atoms with Crippen LogP contribution in [0.3, 0.4) is 0 Å². The van der Waals surface area contributed by atoms with Crippen molar-refractivity contribution in [1.82, 2.24) is 0 Å². The van der Waals surface area contributed by atoms with E-state index in [9.17, 15) is 4.79 Å². The molecule has 0 spiro atoms. The molecular weight excluding hydrogens is 410 g/mol. The Hall–Kier alpha value is -2.33. The van der Waals surface area contributed by atoms with E-state index >= 15 is 0 Å². The van der Waals surface area contributed by atoms with Gasteiger partial charge in [0.05, 0.1) is 27.1 Å². The van der Waals surface area contributed by atoms with E-state index in [0.29, 0.717) is 13.0 Å². The molecule has 0 N–H and O–H groups in total. The summed E-state index contributed by atoms with van der Waals surface area (Å²) in [7, 11) is 4.28. The number of benzene rings is 2. The second kappa shape index (κ2) is 15.5. The molecule has 0 aromatic heterocycles. The zero-order chi connectivity index (χ0) is 23.8. The van der Waals surface area contributed by atoms with Gasteiger partial charge in [-0.15, -0.1) is 0 Å². The first kappa shape index (κ1) is 26.9. The lowest BCUT2D eigenvalue weighted by molar-refractivity contribution is -0.903. The third kappa shape index (κ3) is 12.5. The van der Waals surface area contributed by atoms with Crippen LogP contribution in [0.25, 0.3) is 0 Å². The Balaban J connectivity index is 1.58. The van der Waals surface area contributed by atoms with Crippen LogP contribution in [0.4, 0.5) is 0 Å². The molecule has 0 heterocycles. The number of aryl methyl sites for hydroxylation is 1. The van der Waals surface area contributed by atoms with Gasteiger partial charge in [0.2, 0.25) is 0 Å². The average molecular weight is 455 g/mol. The number of esters is 1. The second-order valence-electron chi connectivity index (χ2n) is 9.64. The highest BCUT2D eigenvalue weighted by Gasteiger charge is 2.18. The highest BCUT2D eigenvalue weighted by atomic mass is 16.6. The minimum Gasteiger partial charge on any atom is -0.490 e. The fourth-order valence-electron chi connectivity index (χ4n) is 4.01. The smallest absolute Gasteiger partial charge is 0.311 e. The topological polar surface area (TPSA) is 35.5 Å². The number of hydrogen-bond donors (Lipinski definition) is 0. The molecule has 33 heavy (non-hydrogen) atoms. The lowest BCUT2D eigenvalue weighted by Gasteiger charge is -2.29. The van der Waals surface area contributed by atoms with E-state index in [2.05, 4.69) is 57.4 Å². The standard InChI is InChI=1S/C29H44NO3/c1-4-5-6-7-8-9-11-15-26-18-14-19-28(24-26)32-22-23-33-29(31)20-21-30(2,3)25-27-16-12-10-13-17-27/h10,12-14,16-19,24H,4-9,11,15,20-23,25H2,1-3H3/q+1. The van der Waals surface area contributed by atoms with Gasteiger partial charge in [-0.2, -0.15) is 0 Å². The van der Waals surface area contributed by atoms with Gasteiger partial charge in [-0.25, -0.2) is 0 Å². The van der Waals surface area contributed by atoms with Crippen LogP contribution >= 0.6 is 0 Å². The largest absolute Gasteiger partial charge is 0.490 e. The molecular formula is C29H44NO3+. The van der Waals surface area contributed by atoms with Crippen molar-refractivity contribution in [2.75, 3.05) is 33.9 Å². The summed E-state index contributed by atoms with van der Waals surface area (Å²) < 4.78 is 11.9. The van der Waals surface area contributed by atoms with Crippen molar-refractivity contribution < 1.29 is 18.8 Å². The van der Waals surface area contributed by atoms with Crippen LogP contribution in [0.5, 0.6) is 5.75 Å². The normalized spacial score (nSPS) is 11.4. The van der Waals surface area contributed by atoms with Crippen LogP contribution in [0.15, 0.2) is 54.6 Å². The number of nitrogens with zero attached hydrogens (tertiary/aromatic N) is 1. The van der Waals surface area contributed by atoms with Crippen LogP contribution in [-0.4, -0.2) is 44.3 Å². The maximum Gasteiger partial charge on any atom is 0.311 e. The first-order chi connectivity index (χ1) is 16.0. The minimum atomic E-state index is -0.162. The Labute approximate surface area is 201 Å². The minimum absolute atomic E-state index is 0.162. The van der Waals surface area contributed by atoms with Gasteiger partial charge < -0.3 is 14.0 Å². The molecule has 0 aliphatic carbocycles. The lowest BCUT2D eigenvalue weighted by atomic mass is 10.0. The van der Waals surface area contributed by atoms with Crippen LogP contribution in [0, 0.1) is 0 Å². The summed E-state index contributed by atoms with van der Waals surface area (Å²) in [5.41, 5.74) is 2.59. The molecule has 0 saturated carbocycles. The number of unbranched alkanes of at least 4 members (excludes halogenated alkanes) is 6. The van der Waals surface area contributed by atoms with Gasteiger partial charge in [-0.1, -0.05) is 87.9 Å². The van der Waals surface area contributed by atoms with Gasteiger partial charge in [0, 0.05) is 5.56 Å². The lowest BCUT2D eigenvalue weighted by Crippen LogP contribution is -2.40. The predicted octanol–water partition coefficient (Wildman–Crippen LogP) is 6.57. The van der Waals surface area contributed by atoms with E-state index in [4.69, 9.17) is 9.47 Å². The Kier molecular flexibility index (Phi) is 12.6. The molecule has 4 nitrogen and oxygen atoms in total. The monoisotopic (exact) mass is 454 g/mol. The van der Waals surface area contributed by atoms with Gasteiger partial charge in [0.1, 0.15) is 25.5 Å². The average Bonchev–Trinajstić information content (AvgIpc) is 2.81. The highest BCUT2D eigenvalue weighted by Crippen LogP contribution is 2.16. The van der Waals surface area contributed by atoms with Gasteiger partial charge in [-0.3, -0.25) is 4.79 Å². The van der Waals surface area contributed by atoms with E-state index < -0.39 is 0 Å². The fourth-order valence-corrected chi connectivity index (χ4v) is 4.01. The molecule has 0 unspecified atom stereocenters. The van der Waals surface area contributed by atoms with E-state index in [1.165, 1.54) is 56.1 Å². The van der Waals surface area contributed by atoms with Gasteiger partial charge in [0.25, 0.3) is 0 Å². The summed E-state index contributed by atoms with van der Waals surface area (Å²) in [6, 6.07) is 18.7. The Bertz CT molecular complexity index is 788. The van der Waals surface area contributed by atoms with Crippen LogP contribution in [0.1, 0.15) is 69.4 Å². The van der Waals surface area contributed by atoms with Crippen LogP contribution in [0.2, 0.25) is 0 Å². The molecule has 0 amide bonds. The molecule has 2 rings (SSSR count). The van der Waals surface area contributed by atoms with Crippen molar-refractivity contribution >= 4 is 5.97 Å². The Morgan fingerprint density at radius 1 is 0.818 bits per heavy atom. The number of rotatable bonds is 17. The molecule has 2 aromatic rings. The van der Waals surface area contributed by atoms with Crippen molar-refractivity contribution in [3.05, 3.63) is 65.7 Å².